The fourth-order valence-electron chi connectivity index (χ4n) is 1.68. The number of rotatable bonds is 10. The summed E-state index contributed by atoms with van der Waals surface area (Å²) in [5, 5.41) is 0. The number of hydrogen-bond donors (Lipinski definition) is 0. The van der Waals surface area contributed by atoms with Gasteiger partial charge in [-0.15, -0.1) is 0 Å². The number of hydrogen-bond acceptors (Lipinski definition) is 2. The van der Waals surface area contributed by atoms with E-state index in [0.29, 0.717) is 0 Å². The largest absolute Gasteiger partial charge is 0.424 e. The van der Waals surface area contributed by atoms with Crippen LogP contribution in [-0.4, -0.2) is 66.6 Å². The minimum Gasteiger partial charge on any atom is -0.424 e. The molecular formula is C12H7F17O2. The van der Waals surface area contributed by atoms with Crippen LogP contribution in [0.5, 0.6) is 0 Å². The Morgan fingerprint density at radius 2 is 0.935 bits per heavy atom. The van der Waals surface area contributed by atoms with Gasteiger partial charge in [-0.2, -0.15) is 57.1 Å². The highest BCUT2D eigenvalue weighted by Crippen LogP contribution is 2.61. The van der Waals surface area contributed by atoms with Gasteiger partial charge in [-0.05, 0) is 0 Å². The van der Waals surface area contributed by atoms with E-state index in [2.05, 4.69) is 4.74 Å². The topological polar surface area (TPSA) is 26.3 Å². The predicted molar refractivity (Wildman–Crippen MR) is 62.1 cm³/mol. The van der Waals surface area contributed by atoms with E-state index in [4.69, 9.17) is 0 Å². The smallest absolute Gasteiger partial charge is 0.385 e. The molecule has 0 aromatic carbocycles. The third-order valence-electron chi connectivity index (χ3n) is 3.44. The van der Waals surface area contributed by atoms with Crippen molar-refractivity contribution in [3.8, 4) is 0 Å². The van der Waals surface area contributed by atoms with E-state index in [-0.39, 0.29) is 6.92 Å². The van der Waals surface area contributed by atoms with Crippen LogP contribution in [0.1, 0.15) is 6.92 Å². The van der Waals surface area contributed by atoms with Gasteiger partial charge >= 0.3 is 47.9 Å². The Balaban J connectivity index is 6.51. The Hall–Kier alpha value is -1.72. The number of halogens is 17. The second-order valence-electron chi connectivity index (χ2n) is 5.65. The third kappa shape index (κ3) is 4.31. The normalized spacial score (nSPS) is 18.0. The van der Waals surface area contributed by atoms with Crippen molar-refractivity contribution < 1.29 is 84.2 Å². The maximum absolute atomic E-state index is 13.4. The van der Waals surface area contributed by atoms with Crippen LogP contribution in [0.4, 0.5) is 74.6 Å². The molecule has 0 radical (unpaired) electrons. The van der Waals surface area contributed by atoms with E-state index >= 15 is 0 Å². The molecular weight excluding hydrogens is 499 g/mol. The quantitative estimate of drug-likeness (QED) is 0.285. The number of carbonyl (C=O) groups is 1. The Kier molecular flexibility index (Phi) is 7.86. The molecule has 0 aromatic rings. The predicted octanol–water partition coefficient (Wildman–Crippen LogP) is 5.60. The lowest BCUT2D eigenvalue weighted by atomic mass is 9.89. The molecule has 0 saturated heterocycles. The summed E-state index contributed by atoms with van der Waals surface area (Å²) in [6.45, 7) is 0.0000322. The van der Waals surface area contributed by atoms with Crippen molar-refractivity contribution in [2.75, 3.05) is 0 Å². The Labute approximate surface area is 159 Å². The van der Waals surface area contributed by atoms with E-state index in [0.717, 1.165) is 0 Å². The van der Waals surface area contributed by atoms with Gasteiger partial charge in [0.25, 0.3) is 6.43 Å². The highest BCUT2D eigenvalue weighted by atomic mass is 19.4. The summed E-state index contributed by atoms with van der Waals surface area (Å²) in [6, 6.07) is 0. The van der Waals surface area contributed by atoms with E-state index in [1.54, 1.807) is 0 Å². The zero-order valence-electron chi connectivity index (χ0n) is 14.1. The molecule has 0 bridgehead atoms. The highest BCUT2D eigenvalue weighted by molar-refractivity contribution is 5.66. The molecule has 0 spiro atoms. The zero-order chi connectivity index (χ0) is 25.6. The summed E-state index contributed by atoms with van der Waals surface area (Å²) in [6.07, 6.45) is -20.9. The van der Waals surface area contributed by atoms with E-state index < -0.39 is 66.6 Å². The SMILES string of the molecule is CC(=O)OC(F)C(F)(F)C(F)(F)C(F)(F)C(F)(F)C(F)(F)C(F)(F)C(F)C(F)C(F)F. The molecule has 0 aliphatic heterocycles. The fraction of sp³-hybridized carbons (Fsp3) is 0.917. The maximum atomic E-state index is 13.4. The van der Waals surface area contributed by atoms with Crippen LogP contribution in [0.2, 0.25) is 0 Å². The molecule has 0 amide bonds. The summed E-state index contributed by atoms with van der Waals surface area (Å²) in [5.41, 5.74) is 0. The number of esters is 1. The van der Waals surface area contributed by atoms with Crippen LogP contribution in [0, 0.1) is 0 Å². The molecule has 0 rings (SSSR count). The van der Waals surface area contributed by atoms with Gasteiger partial charge in [0.15, 0.2) is 6.17 Å². The monoisotopic (exact) mass is 506 g/mol. The molecule has 0 aliphatic rings. The van der Waals surface area contributed by atoms with Gasteiger partial charge in [0, 0.05) is 6.92 Å². The molecule has 0 aliphatic carbocycles. The van der Waals surface area contributed by atoms with Crippen LogP contribution >= 0.6 is 0 Å². The molecule has 2 nitrogen and oxygen atoms in total. The molecule has 0 aromatic heterocycles. The molecule has 0 fully saturated rings. The van der Waals surface area contributed by atoms with Gasteiger partial charge < -0.3 is 4.74 Å². The van der Waals surface area contributed by atoms with Gasteiger partial charge in [0.05, 0.1) is 0 Å². The lowest BCUT2D eigenvalue weighted by Crippen LogP contribution is -2.73. The zero-order valence-corrected chi connectivity index (χ0v) is 14.1. The molecule has 3 atom stereocenters. The molecule has 0 saturated carbocycles. The summed E-state index contributed by atoms with van der Waals surface area (Å²) >= 11 is 0. The fourth-order valence-corrected chi connectivity index (χ4v) is 1.68. The van der Waals surface area contributed by atoms with Gasteiger partial charge in [0.1, 0.15) is 0 Å². The molecule has 186 valence electrons. The van der Waals surface area contributed by atoms with Crippen LogP contribution in [0.15, 0.2) is 0 Å². The molecule has 0 heterocycles. The maximum Gasteiger partial charge on any atom is 0.385 e. The highest BCUT2D eigenvalue weighted by Gasteiger charge is 2.92. The van der Waals surface area contributed by atoms with E-state index in [1.807, 2.05) is 0 Å². The van der Waals surface area contributed by atoms with E-state index in [1.165, 1.54) is 0 Å². The van der Waals surface area contributed by atoms with Crippen molar-refractivity contribution in [1.29, 1.82) is 0 Å². The summed E-state index contributed by atoms with van der Waals surface area (Å²) in [5.74, 6) is -50.3. The minimum absolute atomic E-state index is 0.0000322. The van der Waals surface area contributed by atoms with Crippen LogP contribution in [-0.2, 0) is 9.53 Å². The summed E-state index contributed by atoms with van der Waals surface area (Å²) in [7, 11) is 0. The van der Waals surface area contributed by atoms with Crippen LogP contribution in [0.3, 0.4) is 0 Å². The second-order valence-corrected chi connectivity index (χ2v) is 5.65. The number of ether oxygens (including phenoxy) is 1. The number of alkyl halides is 17. The number of carbonyl (C=O) groups excluding carboxylic acids is 1. The standard InChI is InChI=1S/C12H7F17O2/c1-2(30)31-6(17)8(20,21)10(24,25)12(28,29)11(26,27)9(22,23)7(18,19)4(14)3(13)5(15)16/h3-6H,1H3. The van der Waals surface area contributed by atoms with Crippen LogP contribution < -0.4 is 0 Å². The lowest BCUT2D eigenvalue weighted by Gasteiger charge is -2.42. The second kappa shape index (κ2) is 8.32. The van der Waals surface area contributed by atoms with E-state index in [9.17, 15) is 79.4 Å². The summed E-state index contributed by atoms with van der Waals surface area (Å²) in [4.78, 5) is 10.2. The third-order valence-corrected chi connectivity index (χ3v) is 3.44. The van der Waals surface area contributed by atoms with Crippen molar-refractivity contribution in [2.45, 2.75) is 67.6 Å². The Morgan fingerprint density at radius 1 is 0.613 bits per heavy atom. The first-order chi connectivity index (χ1) is 13.4. The van der Waals surface area contributed by atoms with Crippen molar-refractivity contribution >= 4 is 5.97 Å². The molecule has 3 unspecified atom stereocenters. The molecule has 0 N–H and O–H groups in total. The first-order valence-corrected chi connectivity index (χ1v) is 7.00. The average Bonchev–Trinajstić information content (AvgIpc) is 2.58. The first-order valence-electron chi connectivity index (χ1n) is 7.00. The van der Waals surface area contributed by atoms with Gasteiger partial charge in [-0.25, -0.2) is 17.6 Å². The molecule has 19 heteroatoms. The first kappa shape index (κ1) is 29.3. The van der Waals surface area contributed by atoms with Crippen molar-refractivity contribution in [3.63, 3.8) is 0 Å². The average molecular weight is 506 g/mol. The summed E-state index contributed by atoms with van der Waals surface area (Å²) < 4.78 is 224. The Bertz CT molecular complexity index is 645. The van der Waals surface area contributed by atoms with Gasteiger partial charge in [-0.3, -0.25) is 4.79 Å². The van der Waals surface area contributed by atoms with Gasteiger partial charge in [-0.1, -0.05) is 0 Å². The van der Waals surface area contributed by atoms with Crippen LogP contribution in [0.25, 0.3) is 0 Å². The van der Waals surface area contributed by atoms with Crippen molar-refractivity contribution in [2.24, 2.45) is 0 Å². The van der Waals surface area contributed by atoms with Crippen molar-refractivity contribution in [3.05, 3.63) is 0 Å². The minimum atomic E-state index is -8.46. The van der Waals surface area contributed by atoms with Crippen molar-refractivity contribution in [1.82, 2.24) is 0 Å². The lowest BCUT2D eigenvalue weighted by molar-refractivity contribution is -0.439. The van der Waals surface area contributed by atoms with Gasteiger partial charge in [0.2, 0.25) is 6.17 Å². The Morgan fingerprint density at radius 3 is 1.23 bits per heavy atom. The molecule has 31 heavy (non-hydrogen) atoms.